The van der Waals surface area contributed by atoms with Crippen molar-refractivity contribution in [2.45, 2.75) is 6.17 Å². The molecule has 0 aliphatic carbocycles. The first-order chi connectivity index (χ1) is 24.8. The van der Waals surface area contributed by atoms with Crippen molar-refractivity contribution >= 4 is 55.4 Å². The van der Waals surface area contributed by atoms with Crippen LogP contribution in [-0.4, -0.2) is 16.2 Å². The lowest BCUT2D eigenvalue weighted by atomic mass is 10.0. The maximum absolute atomic E-state index is 6.79. The van der Waals surface area contributed by atoms with Crippen LogP contribution in [0.2, 0.25) is 0 Å². The molecule has 0 fully saturated rings. The summed E-state index contributed by atoms with van der Waals surface area (Å²) in [5, 5.41) is 8.07. The van der Waals surface area contributed by atoms with Gasteiger partial charge in [0.05, 0.1) is 16.7 Å². The molecule has 0 bridgehead atoms. The van der Waals surface area contributed by atoms with E-state index in [2.05, 4.69) is 143 Å². The lowest BCUT2D eigenvalue weighted by molar-refractivity contribution is 0.665. The molecule has 0 saturated heterocycles. The zero-order valence-corrected chi connectivity index (χ0v) is 27.0. The summed E-state index contributed by atoms with van der Waals surface area (Å²) in [6.07, 6.45) is -0.497. The van der Waals surface area contributed by atoms with Crippen molar-refractivity contribution in [3.63, 3.8) is 0 Å². The van der Waals surface area contributed by atoms with Gasteiger partial charge < -0.3 is 14.3 Å². The van der Waals surface area contributed by atoms with E-state index in [1.54, 1.807) is 0 Å². The first-order valence-electron chi connectivity index (χ1n) is 16.9. The third kappa shape index (κ3) is 4.55. The van der Waals surface area contributed by atoms with Gasteiger partial charge in [-0.3, -0.25) is 0 Å². The molecular formula is C45H30N4O. The van der Waals surface area contributed by atoms with E-state index in [1.807, 2.05) is 36.4 Å². The van der Waals surface area contributed by atoms with Gasteiger partial charge in [-0.05, 0) is 41.5 Å². The van der Waals surface area contributed by atoms with Gasteiger partial charge in [0.1, 0.15) is 17.3 Å². The van der Waals surface area contributed by atoms with E-state index in [0.717, 1.165) is 78.1 Å². The minimum Gasteiger partial charge on any atom is -0.454 e. The Morgan fingerprint density at radius 3 is 1.78 bits per heavy atom. The average Bonchev–Trinajstić information content (AvgIpc) is 3.75. The van der Waals surface area contributed by atoms with Crippen molar-refractivity contribution in [2.75, 3.05) is 0 Å². The van der Waals surface area contributed by atoms with Crippen LogP contribution in [0.15, 0.2) is 184 Å². The quantitative estimate of drug-likeness (QED) is 0.203. The van der Waals surface area contributed by atoms with Crippen LogP contribution in [0.4, 0.5) is 0 Å². The SMILES string of the molecule is c1ccc(C2=NC(c3cccc4oc5c(-n6c7ccccc7c7ccccc76)cccc5c34)N=C(c3cccc(-c4ccccc4)c3)N2)cc1. The summed E-state index contributed by atoms with van der Waals surface area (Å²) < 4.78 is 9.11. The average molecular weight is 643 g/mol. The van der Waals surface area contributed by atoms with Gasteiger partial charge in [-0.2, -0.15) is 0 Å². The van der Waals surface area contributed by atoms with E-state index in [1.165, 1.54) is 10.8 Å². The monoisotopic (exact) mass is 642 g/mol. The lowest BCUT2D eigenvalue weighted by Crippen LogP contribution is -2.36. The normalized spacial score (nSPS) is 14.6. The fourth-order valence-electron chi connectivity index (χ4n) is 7.39. The van der Waals surface area contributed by atoms with Crippen LogP contribution in [0.25, 0.3) is 60.6 Å². The molecular weight excluding hydrogens is 613 g/mol. The maximum Gasteiger partial charge on any atom is 0.170 e. The topological polar surface area (TPSA) is 54.8 Å². The van der Waals surface area contributed by atoms with Gasteiger partial charge in [-0.1, -0.05) is 140 Å². The first kappa shape index (κ1) is 28.3. The molecule has 1 aliphatic rings. The van der Waals surface area contributed by atoms with E-state index in [9.17, 15) is 0 Å². The third-order valence-electron chi connectivity index (χ3n) is 9.66. The predicted octanol–water partition coefficient (Wildman–Crippen LogP) is 10.8. The van der Waals surface area contributed by atoms with Crippen molar-refractivity contribution in [1.82, 2.24) is 9.88 Å². The van der Waals surface area contributed by atoms with E-state index in [0.29, 0.717) is 0 Å². The highest BCUT2D eigenvalue weighted by Crippen LogP contribution is 2.41. The molecule has 10 rings (SSSR count). The van der Waals surface area contributed by atoms with Crippen LogP contribution in [0.3, 0.4) is 0 Å². The molecule has 0 saturated carbocycles. The molecule has 9 aromatic rings. The number of furan rings is 1. The number of hydrogen-bond donors (Lipinski definition) is 1. The molecule has 1 atom stereocenters. The van der Waals surface area contributed by atoms with Crippen molar-refractivity contribution in [3.05, 3.63) is 187 Å². The zero-order valence-electron chi connectivity index (χ0n) is 27.0. The van der Waals surface area contributed by atoms with Crippen molar-refractivity contribution in [3.8, 4) is 16.8 Å². The summed E-state index contributed by atoms with van der Waals surface area (Å²) in [4.78, 5) is 10.5. The minimum absolute atomic E-state index is 0.497. The second-order valence-electron chi connectivity index (χ2n) is 12.6. The molecule has 0 amide bonds. The molecule has 1 N–H and O–H groups in total. The van der Waals surface area contributed by atoms with E-state index in [4.69, 9.17) is 14.4 Å². The second kappa shape index (κ2) is 11.5. The number of nitrogens with zero attached hydrogens (tertiary/aromatic N) is 3. The number of rotatable bonds is 5. The number of amidine groups is 2. The van der Waals surface area contributed by atoms with Gasteiger partial charge in [-0.25, -0.2) is 9.98 Å². The summed E-state index contributed by atoms with van der Waals surface area (Å²) in [5.41, 5.74) is 10.2. The fourth-order valence-corrected chi connectivity index (χ4v) is 7.39. The molecule has 2 aromatic heterocycles. The highest BCUT2D eigenvalue weighted by Gasteiger charge is 2.25. The Kier molecular flexibility index (Phi) is 6.49. The largest absolute Gasteiger partial charge is 0.454 e. The Labute approximate surface area is 288 Å². The van der Waals surface area contributed by atoms with Crippen molar-refractivity contribution in [1.29, 1.82) is 0 Å². The van der Waals surface area contributed by atoms with Gasteiger partial charge in [0.2, 0.25) is 0 Å². The number of nitrogens with one attached hydrogen (secondary N) is 1. The number of aliphatic imine (C=N–C) groups is 2. The molecule has 0 spiro atoms. The van der Waals surface area contributed by atoms with Crippen LogP contribution in [-0.2, 0) is 0 Å². The van der Waals surface area contributed by atoms with Crippen LogP contribution >= 0.6 is 0 Å². The van der Waals surface area contributed by atoms with Crippen LogP contribution in [0, 0.1) is 0 Å². The van der Waals surface area contributed by atoms with Crippen LogP contribution in [0.1, 0.15) is 22.9 Å². The van der Waals surface area contributed by atoms with Crippen molar-refractivity contribution in [2.24, 2.45) is 9.98 Å². The van der Waals surface area contributed by atoms with Gasteiger partial charge in [0, 0.05) is 38.2 Å². The lowest BCUT2D eigenvalue weighted by Gasteiger charge is -2.23. The Hall–Kier alpha value is -6.72. The summed E-state index contributed by atoms with van der Waals surface area (Å²) in [5.74, 6) is 1.55. The van der Waals surface area contributed by atoms with E-state index >= 15 is 0 Å². The van der Waals surface area contributed by atoms with E-state index < -0.39 is 6.17 Å². The van der Waals surface area contributed by atoms with Gasteiger partial charge in [0.25, 0.3) is 0 Å². The molecule has 0 radical (unpaired) electrons. The van der Waals surface area contributed by atoms with Crippen molar-refractivity contribution < 1.29 is 4.42 Å². The van der Waals surface area contributed by atoms with Crippen LogP contribution < -0.4 is 5.32 Å². The Bertz CT molecular complexity index is 2740. The number of hydrogen-bond acceptors (Lipinski definition) is 4. The number of benzene rings is 7. The second-order valence-corrected chi connectivity index (χ2v) is 12.6. The van der Waals surface area contributed by atoms with Gasteiger partial charge >= 0.3 is 0 Å². The van der Waals surface area contributed by atoms with Gasteiger partial charge in [-0.15, -0.1) is 0 Å². The molecule has 5 heteroatoms. The molecule has 3 heterocycles. The number of aromatic nitrogens is 1. The molecule has 236 valence electrons. The molecule has 50 heavy (non-hydrogen) atoms. The molecule has 1 aliphatic heterocycles. The maximum atomic E-state index is 6.79. The highest BCUT2D eigenvalue weighted by atomic mass is 16.3. The molecule has 5 nitrogen and oxygen atoms in total. The van der Waals surface area contributed by atoms with Gasteiger partial charge in [0.15, 0.2) is 11.7 Å². The summed E-state index contributed by atoms with van der Waals surface area (Å²) in [6.45, 7) is 0. The predicted molar refractivity (Wildman–Crippen MR) is 205 cm³/mol. The Morgan fingerprint density at radius 2 is 1.04 bits per heavy atom. The summed E-state index contributed by atoms with van der Waals surface area (Å²) in [7, 11) is 0. The summed E-state index contributed by atoms with van der Waals surface area (Å²) >= 11 is 0. The van der Waals surface area contributed by atoms with Crippen LogP contribution in [0.5, 0.6) is 0 Å². The Balaban J connectivity index is 1.17. The standard InChI is InChI=1S/C45H30N4O/c1-3-14-29(15-4-1)31-18-11-19-32(28-31)44-46-43(30-16-5-2-6-17-30)47-45(48-44)36-23-13-27-40-41(36)35-22-12-26-39(42(35)50-40)49-37-24-9-7-20-33(37)34-21-8-10-25-38(34)49/h1-28,45H,(H,46,47,48). The number of para-hydroxylation sites is 3. The Morgan fingerprint density at radius 1 is 0.480 bits per heavy atom. The fraction of sp³-hybridized carbons (Fsp3) is 0.0222. The minimum atomic E-state index is -0.497. The summed E-state index contributed by atoms with van der Waals surface area (Å²) in [6, 6.07) is 59.0. The smallest absolute Gasteiger partial charge is 0.170 e. The highest BCUT2D eigenvalue weighted by molar-refractivity contribution is 6.17. The first-order valence-corrected chi connectivity index (χ1v) is 16.9. The molecule has 7 aromatic carbocycles. The number of fused-ring (bicyclic) bond motifs is 6. The van der Waals surface area contributed by atoms with E-state index in [-0.39, 0.29) is 0 Å². The third-order valence-corrected chi connectivity index (χ3v) is 9.66. The zero-order chi connectivity index (χ0) is 33.0. The molecule has 1 unspecified atom stereocenters.